The van der Waals surface area contributed by atoms with Gasteiger partial charge < -0.3 is 19.1 Å². The lowest BCUT2D eigenvalue weighted by molar-refractivity contribution is 0.0770. The van der Waals surface area contributed by atoms with Crippen molar-refractivity contribution < 1.29 is 19.0 Å². The van der Waals surface area contributed by atoms with Crippen molar-refractivity contribution in [2.24, 2.45) is 0 Å². The highest BCUT2D eigenvalue weighted by Crippen LogP contribution is 2.29. The predicted octanol–water partition coefficient (Wildman–Crippen LogP) is 2.44. The van der Waals surface area contributed by atoms with Gasteiger partial charge >= 0.3 is 0 Å². The lowest BCUT2D eigenvalue weighted by Gasteiger charge is -2.18. The average Bonchev–Trinajstić information content (AvgIpc) is 3.18. The first-order chi connectivity index (χ1) is 13.7. The zero-order valence-electron chi connectivity index (χ0n) is 15.9. The molecule has 2 aromatic rings. The van der Waals surface area contributed by atoms with Crippen LogP contribution in [0, 0.1) is 11.3 Å². The van der Waals surface area contributed by atoms with E-state index in [0.717, 1.165) is 0 Å². The maximum absolute atomic E-state index is 12.9. The molecule has 28 heavy (non-hydrogen) atoms. The SMILES string of the molecule is CCOc1ccc(C(=O)N2CCC(Oc3nccnc3C#N)C2)cc1OCC. The van der Waals surface area contributed by atoms with E-state index in [0.29, 0.717) is 49.8 Å². The monoisotopic (exact) mass is 382 g/mol. The van der Waals surface area contributed by atoms with Crippen LogP contribution >= 0.6 is 0 Å². The lowest BCUT2D eigenvalue weighted by atomic mass is 10.1. The van der Waals surface area contributed by atoms with Gasteiger partial charge in [0.1, 0.15) is 12.2 Å². The van der Waals surface area contributed by atoms with Crippen molar-refractivity contribution in [3.05, 3.63) is 41.9 Å². The van der Waals surface area contributed by atoms with Gasteiger partial charge in [-0.25, -0.2) is 9.97 Å². The summed E-state index contributed by atoms with van der Waals surface area (Å²) in [6, 6.07) is 7.16. The number of nitrogens with zero attached hydrogens (tertiary/aromatic N) is 4. The van der Waals surface area contributed by atoms with Crippen LogP contribution in [-0.2, 0) is 0 Å². The fourth-order valence-electron chi connectivity index (χ4n) is 3.02. The van der Waals surface area contributed by atoms with E-state index < -0.39 is 0 Å². The molecule has 1 saturated heterocycles. The molecule has 8 heteroatoms. The molecule has 0 N–H and O–H groups in total. The molecular weight excluding hydrogens is 360 g/mol. The number of carbonyl (C=O) groups excluding carboxylic acids is 1. The van der Waals surface area contributed by atoms with Gasteiger partial charge in [-0.1, -0.05) is 0 Å². The Hall–Kier alpha value is -3.34. The third kappa shape index (κ3) is 4.31. The largest absolute Gasteiger partial charge is 0.490 e. The molecule has 0 aliphatic carbocycles. The Kier molecular flexibility index (Phi) is 6.27. The Morgan fingerprint density at radius 2 is 1.96 bits per heavy atom. The number of carbonyl (C=O) groups is 1. The van der Waals surface area contributed by atoms with Crippen molar-refractivity contribution in [3.63, 3.8) is 0 Å². The second kappa shape index (κ2) is 9.04. The molecule has 0 bridgehead atoms. The molecule has 1 aliphatic heterocycles. The van der Waals surface area contributed by atoms with Crippen LogP contribution in [0.15, 0.2) is 30.6 Å². The minimum absolute atomic E-state index is 0.102. The molecule has 1 aromatic heterocycles. The zero-order chi connectivity index (χ0) is 19.9. The first-order valence-electron chi connectivity index (χ1n) is 9.22. The van der Waals surface area contributed by atoms with E-state index in [1.165, 1.54) is 12.4 Å². The minimum atomic E-state index is -0.234. The molecule has 146 valence electrons. The molecule has 0 saturated carbocycles. The number of amides is 1. The summed E-state index contributed by atoms with van der Waals surface area (Å²) in [7, 11) is 0. The Morgan fingerprint density at radius 1 is 1.21 bits per heavy atom. The predicted molar refractivity (Wildman–Crippen MR) is 100 cm³/mol. The van der Waals surface area contributed by atoms with Gasteiger partial charge in [0.2, 0.25) is 5.69 Å². The van der Waals surface area contributed by atoms with Gasteiger partial charge in [0.25, 0.3) is 11.8 Å². The third-order valence-electron chi connectivity index (χ3n) is 4.27. The van der Waals surface area contributed by atoms with Crippen LogP contribution in [0.25, 0.3) is 0 Å². The highest BCUT2D eigenvalue weighted by atomic mass is 16.5. The summed E-state index contributed by atoms with van der Waals surface area (Å²) >= 11 is 0. The average molecular weight is 382 g/mol. The molecule has 1 aromatic carbocycles. The first kappa shape index (κ1) is 19.4. The van der Waals surface area contributed by atoms with Crippen LogP contribution in [0.1, 0.15) is 36.3 Å². The molecule has 1 fully saturated rings. The van der Waals surface area contributed by atoms with Gasteiger partial charge in [0.05, 0.1) is 19.8 Å². The highest BCUT2D eigenvalue weighted by molar-refractivity contribution is 5.95. The maximum atomic E-state index is 12.9. The molecule has 3 rings (SSSR count). The maximum Gasteiger partial charge on any atom is 0.254 e. The Balaban J connectivity index is 1.69. The standard InChI is InChI=1S/C20H22N4O4/c1-3-26-17-6-5-14(11-18(17)27-4-2)20(25)24-10-7-15(13-24)28-19-16(12-21)22-8-9-23-19/h5-6,8-9,11,15H,3-4,7,10,13H2,1-2H3. The minimum Gasteiger partial charge on any atom is -0.490 e. The van der Waals surface area contributed by atoms with Crippen molar-refractivity contribution in [1.29, 1.82) is 5.26 Å². The number of likely N-dealkylation sites (tertiary alicyclic amines) is 1. The molecule has 2 heterocycles. The normalized spacial score (nSPS) is 15.8. The van der Waals surface area contributed by atoms with Crippen molar-refractivity contribution in [2.75, 3.05) is 26.3 Å². The van der Waals surface area contributed by atoms with E-state index in [1.807, 2.05) is 19.9 Å². The van der Waals surface area contributed by atoms with Gasteiger partial charge in [0.15, 0.2) is 11.5 Å². The van der Waals surface area contributed by atoms with Gasteiger partial charge in [-0.05, 0) is 32.0 Å². The fraction of sp³-hybridized carbons (Fsp3) is 0.400. The molecule has 8 nitrogen and oxygen atoms in total. The number of hydrogen-bond acceptors (Lipinski definition) is 7. The zero-order valence-corrected chi connectivity index (χ0v) is 15.9. The topological polar surface area (TPSA) is 97.6 Å². The number of ether oxygens (including phenoxy) is 3. The Morgan fingerprint density at radius 3 is 2.71 bits per heavy atom. The molecule has 1 unspecified atom stereocenters. The van der Waals surface area contributed by atoms with Gasteiger partial charge in [0, 0.05) is 30.9 Å². The lowest BCUT2D eigenvalue weighted by Crippen LogP contribution is -2.31. The Labute approximate surface area is 163 Å². The quantitative estimate of drug-likeness (QED) is 0.725. The molecular formula is C20H22N4O4. The smallest absolute Gasteiger partial charge is 0.254 e. The molecule has 1 amide bonds. The third-order valence-corrected chi connectivity index (χ3v) is 4.27. The second-order valence-electron chi connectivity index (χ2n) is 6.13. The van der Waals surface area contributed by atoms with Crippen LogP contribution < -0.4 is 14.2 Å². The van der Waals surface area contributed by atoms with Crippen molar-refractivity contribution >= 4 is 5.91 Å². The molecule has 1 aliphatic rings. The van der Waals surface area contributed by atoms with Gasteiger partial charge in [-0.3, -0.25) is 4.79 Å². The number of nitriles is 1. The second-order valence-corrected chi connectivity index (χ2v) is 6.13. The van der Waals surface area contributed by atoms with E-state index in [1.54, 1.807) is 23.1 Å². The van der Waals surface area contributed by atoms with E-state index in [2.05, 4.69) is 9.97 Å². The summed E-state index contributed by atoms with van der Waals surface area (Å²) in [6.07, 6.45) is 3.34. The number of benzene rings is 1. The summed E-state index contributed by atoms with van der Waals surface area (Å²) < 4.78 is 16.9. The Bertz CT molecular complexity index is 881. The molecule has 0 spiro atoms. The van der Waals surface area contributed by atoms with E-state index in [9.17, 15) is 4.79 Å². The van der Waals surface area contributed by atoms with Crippen LogP contribution in [0.3, 0.4) is 0 Å². The summed E-state index contributed by atoms with van der Waals surface area (Å²) in [6.45, 7) is 5.76. The summed E-state index contributed by atoms with van der Waals surface area (Å²) in [5.41, 5.74) is 0.671. The van der Waals surface area contributed by atoms with Crippen molar-refractivity contribution in [2.45, 2.75) is 26.4 Å². The van der Waals surface area contributed by atoms with Crippen LogP contribution in [0.5, 0.6) is 17.4 Å². The highest BCUT2D eigenvalue weighted by Gasteiger charge is 2.29. The summed E-state index contributed by atoms with van der Waals surface area (Å²) in [4.78, 5) is 22.6. The summed E-state index contributed by atoms with van der Waals surface area (Å²) in [5.74, 6) is 1.27. The van der Waals surface area contributed by atoms with Gasteiger partial charge in [-0.15, -0.1) is 0 Å². The summed E-state index contributed by atoms with van der Waals surface area (Å²) in [5, 5.41) is 9.09. The van der Waals surface area contributed by atoms with Crippen LogP contribution in [-0.4, -0.2) is 53.2 Å². The van der Waals surface area contributed by atoms with Crippen LogP contribution in [0.2, 0.25) is 0 Å². The first-order valence-corrected chi connectivity index (χ1v) is 9.22. The molecule has 1 atom stereocenters. The van der Waals surface area contributed by atoms with Gasteiger partial charge in [-0.2, -0.15) is 5.26 Å². The fourth-order valence-corrected chi connectivity index (χ4v) is 3.02. The number of aromatic nitrogens is 2. The van der Waals surface area contributed by atoms with Crippen LogP contribution in [0.4, 0.5) is 0 Å². The number of rotatable bonds is 7. The van der Waals surface area contributed by atoms with Crippen molar-refractivity contribution in [1.82, 2.24) is 14.9 Å². The van der Waals surface area contributed by atoms with E-state index in [-0.39, 0.29) is 23.6 Å². The van der Waals surface area contributed by atoms with E-state index >= 15 is 0 Å². The van der Waals surface area contributed by atoms with Crippen molar-refractivity contribution in [3.8, 4) is 23.4 Å². The van der Waals surface area contributed by atoms with E-state index in [4.69, 9.17) is 19.5 Å². The number of hydrogen-bond donors (Lipinski definition) is 0. The molecule has 0 radical (unpaired) electrons.